The van der Waals surface area contributed by atoms with E-state index in [2.05, 4.69) is 4.98 Å². The van der Waals surface area contributed by atoms with Gasteiger partial charge in [-0.2, -0.15) is 0 Å². The molecule has 1 unspecified atom stereocenters. The summed E-state index contributed by atoms with van der Waals surface area (Å²) in [5, 5.41) is 11.5. The van der Waals surface area contributed by atoms with Crippen LogP contribution in [-0.4, -0.2) is 39.3 Å². The van der Waals surface area contributed by atoms with Crippen molar-refractivity contribution in [3.63, 3.8) is 0 Å². The number of carbonyl (C=O) groups excluding carboxylic acids is 2. The molecule has 2 aliphatic rings. The largest absolute Gasteiger partial charge is 0.482 e. The third-order valence-corrected chi connectivity index (χ3v) is 7.57. The quantitative estimate of drug-likeness (QED) is 0.633. The Morgan fingerprint density at radius 1 is 1.29 bits per heavy atom. The zero-order chi connectivity index (χ0) is 25.5. The van der Waals surface area contributed by atoms with Crippen molar-refractivity contribution in [3.8, 4) is 17.1 Å². The van der Waals surface area contributed by atoms with E-state index < -0.39 is 46.9 Å². The molecule has 3 heterocycles. The van der Waals surface area contributed by atoms with Crippen LogP contribution in [0.5, 0.6) is 5.75 Å². The van der Waals surface area contributed by atoms with E-state index in [1.54, 1.807) is 37.5 Å². The number of nitrogens with zero attached hydrogens (tertiary/aromatic N) is 1. The Bertz CT molecular complexity index is 1180. The molecular weight excluding hydrogens is 454 g/mol. The second-order valence-corrected chi connectivity index (χ2v) is 9.78. The first-order valence-electron chi connectivity index (χ1n) is 11.8. The highest BCUT2D eigenvalue weighted by atomic mass is 16.6. The van der Waals surface area contributed by atoms with Crippen molar-refractivity contribution in [2.24, 2.45) is 11.8 Å². The molecule has 0 spiro atoms. The Hall–Kier alpha value is -3.20. The highest BCUT2D eigenvalue weighted by Crippen LogP contribution is 2.54. The Balaban J connectivity index is 1.79. The molecule has 2 aromatic heterocycles. The van der Waals surface area contributed by atoms with E-state index in [4.69, 9.17) is 18.6 Å². The number of hydrogen-bond acceptors (Lipinski definition) is 9. The number of carbonyl (C=O) groups is 2. The predicted molar refractivity (Wildman–Crippen MR) is 124 cm³/mol. The fourth-order valence-corrected chi connectivity index (χ4v) is 5.51. The molecule has 2 aromatic rings. The molecule has 1 saturated carbocycles. The molecule has 4 rings (SSSR count). The van der Waals surface area contributed by atoms with Gasteiger partial charge in [-0.1, -0.05) is 6.92 Å². The average molecular weight is 486 g/mol. The van der Waals surface area contributed by atoms with E-state index in [1.807, 2.05) is 13.8 Å². The van der Waals surface area contributed by atoms with Crippen LogP contribution in [0, 0.1) is 11.8 Å². The molecule has 1 aliphatic carbocycles. The SMILES string of the molecule is CCC(C)(OC(C)=O)[C@@H]1C[C@@H]2[C@@H](O)c3c(cc(-c4cccnc4)oc3=O)O[C@@]2(C)[C@H](OC(C)=O)C1. The second-order valence-electron chi connectivity index (χ2n) is 9.78. The van der Waals surface area contributed by atoms with Crippen molar-refractivity contribution >= 4 is 11.9 Å². The zero-order valence-electron chi connectivity index (χ0n) is 20.6. The molecule has 0 saturated heterocycles. The molecule has 35 heavy (non-hydrogen) atoms. The Kier molecular flexibility index (Phi) is 6.48. The number of rotatable bonds is 5. The van der Waals surface area contributed by atoms with Gasteiger partial charge < -0.3 is 23.7 Å². The third kappa shape index (κ3) is 4.45. The van der Waals surface area contributed by atoms with Crippen LogP contribution in [0.3, 0.4) is 0 Å². The van der Waals surface area contributed by atoms with E-state index >= 15 is 0 Å². The first-order chi connectivity index (χ1) is 16.5. The zero-order valence-corrected chi connectivity index (χ0v) is 20.6. The second kappa shape index (κ2) is 9.11. The minimum absolute atomic E-state index is 0.0213. The van der Waals surface area contributed by atoms with Crippen molar-refractivity contribution in [2.45, 2.75) is 77.3 Å². The average Bonchev–Trinajstić information content (AvgIpc) is 2.79. The fraction of sp³-hybridized carbons (Fsp3) is 0.538. The third-order valence-electron chi connectivity index (χ3n) is 7.57. The number of esters is 2. The van der Waals surface area contributed by atoms with Gasteiger partial charge in [0.05, 0.1) is 6.10 Å². The maximum Gasteiger partial charge on any atom is 0.345 e. The summed E-state index contributed by atoms with van der Waals surface area (Å²) in [5.41, 5.74) is -2.08. The molecule has 1 aliphatic heterocycles. The number of pyridine rings is 1. The monoisotopic (exact) mass is 485 g/mol. The summed E-state index contributed by atoms with van der Waals surface area (Å²) in [6.45, 7) is 8.20. The molecule has 0 aromatic carbocycles. The maximum absolute atomic E-state index is 13.0. The highest BCUT2D eigenvalue weighted by Gasteiger charge is 2.60. The molecule has 0 amide bonds. The van der Waals surface area contributed by atoms with Gasteiger partial charge in [0.15, 0.2) is 0 Å². The lowest BCUT2D eigenvalue weighted by Gasteiger charge is -2.54. The van der Waals surface area contributed by atoms with Gasteiger partial charge in [-0.3, -0.25) is 14.6 Å². The van der Waals surface area contributed by atoms with Crippen molar-refractivity contribution in [2.75, 3.05) is 0 Å². The van der Waals surface area contributed by atoms with Gasteiger partial charge in [0.2, 0.25) is 0 Å². The molecular formula is C26H31NO8. The van der Waals surface area contributed by atoms with E-state index in [1.165, 1.54) is 13.8 Å². The first-order valence-corrected chi connectivity index (χ1v) is 11.8. The van der Waals surface area contributed by atoms with Gasteiger partial charge in [0.1, 0.15) is 34.4 Å². The van der Waals surface area contributed by atoms with Crippen molar-refractivity contribution < 1.29 is 33.3 Å². The summed E-state index contributed by atoms with van der Waals surface area (Å²) in [6.07, 6.45) is 2.46. The maximum atomic E-state index is 13.0. The molecule has 6 atom stereocenters. The molecule has 1 N–H and O–H groups in total. The minimum atomic E-state index is -1.23. The van der Waals surface area contributed by atoms with E-state index in [0.717, 1.165) is 0 Å². The number of hydrogen-bond donors (Lipinski definition) is 1. The summed E-state index contributed by atoms with van der Waals surface area (Å²) in [6, 6.07) is 5.02. The number of aliphatic hydroxyl groups excluding tert-OH is 1. The number of fused-ring (bicyclic) bond motifs is 2. The lowest BCUT2D eigenvalue weighted by Crippen LogP contribution is -2.62. The van der Waals surface area contributed by atoms with E-state index in [-0.39, 0.29) is 23.0 Å². The lowest BCUT2D eigenvalue weighted by molar-refractivity contribution is -0.209. The first kappa shape index (κ1) is 24.9. The summed E-state index contributed by atoms with van der Waals surface area (Å²) < 4.78 is 23.3. The Morgan fingerprint density at radius 2 is 2.03 bits per heavy atom. The van der Waals surface area contributed by atoms with Crippen LogP contribution < -0.4 is 10.4 Å². The van der Waals surface area contributed by atoms with Gasteiger partial charge in [0, 0.05) is 49.7 Å². The van der Waals surface area contributed by atoms with Gasteiger partial charge in [0.25, 0.3) is 0 Å². The van der Waals surface area contributed by atoms with Crippen LogP contribution in [0.2, 0.25) is 0 Å². The fourth-order valence-electron chi connectivity index (χ4n) is 5.51. The predicted octanol–water partition coefficient (Wildman–Crippen LogP) is 3.58. The van der Waals surface area contributed by atoms with Gasteiger partial charge in [-0.15, -0.1) is 0 Å². The topological polar surface area (TPSA) is 125 Å². The van der Waals surface area contributed by atoms with Crippen molar-refractivity contribution in [3.05, 3.63) is 46.6 Å². The summed E-state index contributed by atoms with van der Waals surface area (Å²) >= 11 is 0. The van der Waals surface area contributed by atoms with Crippen LogP contribution >= 0.6 is 0 Å². The van der Waals surface area contributed by atoms with Gasteiger partial charge in [-0.25, -0.2) is 4.79 Å². The lowest BCUT2D eigenvalue weighted by atomic mass is 9.61. The van der Waals surface area contributed by atoms with Crippen molar-refractivity contribution in [1.82, 2.24) is 4.98 Å². The molecule has 9 heteroatoms. The summed E-state index contributed by atoms with van der Waals surface area (Å²) in [7, 11) is 0. The van der Waals surface area contributed by atoms with E-state index in [9.17, 15) is 19.5 Å². The number of aliphatic hydroxyl groups is 1. The van der Waals surface area contributed by atoms with Crippen molar-refractivity contribution in [1.29, 1.82) is 0 Å². The van der Waals surface area contributed by atoms with Crippen LogP contribution in [0.4, 0.5) is 0 Å². The number of aromatic nitrogens is 1. The number of ether oxygens (including phenoxy) is 3. The molecule has 0 bridgehead atoms. The Morgan fingerprint density at radius 3 is 2.63 bits per heavy atom. The summed E-state index contributed by atoms with van der Waals surface area (Å²) in [5.74, 6) is -1.34. The molecule has 188 valence electrons. The van der Waals surface area contributed by atoms with Gasteiger partial charge >= 0.3 is 17.6 Å². The minimum Gasteiger partial charge on any atom is -0.482 e. The molecule has 9 nitrogen and oxygen atoms in total. The van der Waals surface area contributed by atoms with Crippen LogP contribution in [0.25, 0.3) is 11.3 Å². The molecule has 0 radical (unpaired) electrons. The van der Waals surface area contributed by atoms with E-state index in [0.29, 0.717) is 24.8 Å². The van der Waals surface area contributed by atoms with Crippen LogP contribution in [0.1, 0.15) is 65.5 Å². The van der Waals surface area contributed by atoms with Crippen LogP contribution in [0.15, 0.2) is 39.8 Å². The normalized spacial score (nSPS) is 29.1. The summed E-state index contributed by atoms with van der Waals surface area (Å²) in [4.78, 5) is 41.0. The highest BCUT2D eigenvalue weighted by molar-refractivity contribution is 5.67. The standard InChI is InChI=1S/C26H31NO8/c1-6-25(4,34-15(3)29)17-10-18-23(30)22-20(35-26(18,5)21(11-17)32-14(2)28)12-19(33-24(22)31)16-8-7-9-27-13-16/h7-9,12-13,17-18,21,23,30H,6,10-11H2,1-5H3/t17-,18-,21-,23-,25?,26-/m1/s1. The van der Waals surface area contributed by atoms with Crippen LogP contribution in [-0.2, 0) is 19.1 Å². The Labute approximate surface area is 203 Å². The van der Waals surface area contributed by atoms with Gasteiger partial charge in [-0.05, 0) is 45.2 Å². The smallest absolute Gasteiger partial charge is 0.345 e. The molecule has 1 fully saturated rings.